The minimum Gasteiger partial charge on any atom is -0.340 e. The van der Waals surface area contributed by atoms with E-state index in [9.17, 15) is 9.59 Å². The number of hydrogen-bond donors (Lipinski definition) is 0. The molecule has 7 nitrogen and oxygen atoms in total. The summed E-state index contributed by atoms with van der Waals surface area (Å²) >= 11 is 0. The fourth-order valence-electron chi connectivity index (χ4n) is 5.56. The Morgan fingerprint density at radius 3 is 2.56 bits per heavy atom. The van der Waals surface area contributed by atoms with Gasteiger partial charge in [0.25, 0.3) is 0 Å². The van der Waals surface area contributed by atoms with Crippen LogP contribution in [-0.4, -0.2) is 56.0 Å². The molecule has 1 aromatic heterocycles. The van der Waals surface area contributed by atoms with Crippen LogP contribution >= 0.6 is 0 Å². The number of likely N-dealkylation sites (tertiary alicyclic amines) is 2. The Balaban J connectivity index is 1.39. The number of fused-ring (bicyclic) bond motifs is 1. The second-order valence-electron chi connectivity index (χ2n) is 9.42. The van der Waals surface area contributed by atoms with Crippen molar-refractivity contribution in [1.82, 2.24) is 24.6 Å². The first-order valence-electron chi connectivity index (χ1n) is 12.3. The molecule has 0 bridgehead atoms. The number of hydrogen-bond acceptors (Lipinski definition) is 4. The monoisotopic (exact) mass is 435 g/mol. The van der Waals surface area contributed by atoms with Gasteiger partial charge in [-0.25, -0.2) is 0 Å². The molecular formula is C25H33N5O2. The van der Waals surface area contributed by atoms with Crippen molar-refractivity contribution in [2.75, 3.05) is 19.6 Å². The largest absolute Gasteiger partial charge is 0.340 e. The van der Waals surface area contributed by atoms with Crippen molar-refractivity contribution in [3.63, 3.8) is 0 Å². The van der Waals surface area contributed by atoms with Crippen LogP contribution in [0.1, 0.15) is 80.5 Å². The van der Waals surface area contributed by atoms with Crippen molar-refractivity contribution in [3.05, 3.63) is 47.5 Å². The first-order chi connectivity index (χ1) is 15.7. The van der Waals surface area contributed by atoms with Crippen LogP contribution in [0.5, 0.6) is 0 Å². The van der Waals surface area contributed by atoms with Gasteiger partial charge >= 0.3 is 0 Å². The number of nitrogens with zero attached hydrogens (tertiary/aromatic N) is 5. The van der Waals surface area contributed by atoms with Gasteiger partial charge in [-0.3, -0.25) is 9.59 Å². The Kier molecular flexibility index (Phi) is 6.23. The quantitative estimate of drug-likeness (QED) is 0.737. The summed E-state index contributed by atoms with van der Waals surface area (Å²) in [6.45, 7) is 3.03. The number of carbonyl (C=O) groups is 2. The molecule has 2 amide bonds. The summed E-state index contributed by atoms with van der Waals surface area (Å²) in [7, 11) is 0. The maximum absolute atomic E-state index is 13.9. The normalized spacial score (nSPS) is 22.9. The molecule has 2 fully saturated rings. The van der Waals surface area contributed by atoms with E-state index in [0.717, 1.165) is 62.4 Å². The number of piperidine rings is 2. The van der Waals surface area contributed by atoms with E-state index < -0.39 is 6.04 Å². The van der Waals surface area contributed by atoms with Crippen LogP contribution in [0, 0.1) is 0 Å². The number of aryl methyl sites for hydroxylation is 1. The van der Waals surface area contributed by atoms with Crippen LogP contribution in [0.15, 0.2) is 30.3 Å². The van der Waals surface area contributed by atoms with Crippen molar-refractivity contribution in [2.45, 2.75) is 76.3 Å². The summed E-state index contributed by atoms with van der Waals surface area (Å²) in [6.07, 6.45) is 8.96. The minimum absolute atomic E-state index is 0.0479. The maximum Gasteiger partial charge on any atom is 0.250 e. The van der Waals surface area contributed by atoms with Crippen LogP contribution in [0.2, 0.25) is 0 Å². The Hall–Kier alpha value is -2.70. The van der Waals surface area contributed by atoms with Gasteiger partial charge in [-0.1, -0.05) is 36.8 Å². The summed E-state index contributed by atoms with van der Waals surface area (Å²) in [5.74, 6) is 2.49. The molecule has 32 heavy (non-hydrogen) atoms. The van der Waals surface area contributed by atoms with Crippen molar-refractivity contribution in [1.29, 1.82) is 0 Å². The lowest BCUT2D eigenvalue weighted by atomic mass is 9.94. The molecule has 7 heteroatoms. The molecule has 1 aromatic carbocycles. The zero-order chi connectivity index (χ0) is 21.9. The highest BCUT2D eigenvalue weighted by Crippen LogP contribution is 2.32. The van der Waals surface area contributed by atoms with Crippen molar-refractivity contribution in [2.24, 2.45) is 0 Å². The molecule has 2 aromatic rings. The van der Waals surface area contributed by atoms with Gasteiger partial charge in [-0.2, -0.15) is 0 Å². The third kappa shape index (κ3) is 4.17. The average Bonchev–Trinajstić information content (AvgIpc) is 3.09. The number of benzene rings is 1. The summed E-state index contributed by atoms with van der Waals surface area (Å²) in [6, 6.07) is 9.28. The topological polar surface area (TPSA) is 71.3 Å². The third-order valence-corrected chi connectivity index (χ3v) is 7.26. The van der Waals surface area contributed by atoms with E-state index in [1.54, 1.807) is 0 Å². The summed E-state index contributed by atoms with van der Waals surface area (Å²) in [5, 5.41) is 9.06. The van der Waals surface area contributed by atoms with Crippen LogP contribution in [-0.2, 0) is 22.6 Å². The molecule has 0 saturated carbocycles. The number of aromatic nitrogens is 3. The first-order valence-corrected chi connectivity index (χ1v) is 12.3. The molecule has 2 unspecified atom stereocenters. The molecule has 2 atom stereocenters. The van der Waals surface area contributed by atoms with Gasteiger partial charge in [0.15, 0.2) is 0 Å². The highest BCUT2D eigenvalue weighted by atomic mass is 16.2. The summed E-state index contributed by atoms with van der Waals surface area (Å²) in [5.41, 5.74) is 0.909. The van der Waals surface area contributed by atoms with Crippen LogP contribution in [0.4, 0.5) is 0 Å². The Morgan fingerprint density at radius 1 is 0.906 bits per heavy atom. The third-order valence-electron chi connectivity index (χ3n) is 7.26. The van der Waals surface area contributed by atoms with Gasteiger partial charge < -0.3 is 14.4 Å². The zero-order valence-corrected chi connectivity index (χ0v) is 18.8. The average molecular weight is 436 g/mol. The molecule has 0 radical (unpaired) electrons. The van der Waals surface area contributed by atoms with Crippen molar-refractivity contribution >= 4 is 11.8 Å². The second kappa shape index (κ2) is 9.43. The van der Waals surface area contributed by atoms with Crippen molar-refractivity contribution in [3.8, 4) is 0 Å². The smallest absolute Gasteiger partial charge is 0.250 e. The van der Waals surface area contributed by atoms with Crippen molar-refractivity contribution < 1.29 is 9.59 Å². The van der Waals surface area contributed by atoms with E-state index in [-0.39, 0.29) is 17.7 Å². The fraction of sp³-hybridized carbons (Fsp3) is 0.600. The second-order valence-corrected chi connectivity index (χ2v) is 9.42. The Bertz CT molecular complexity index is 956. The molecule has 0 aliphatic carbocycles. The molecule has 0 spiro atoms. The first kappa shape index (κ1) is 21.2. The highest BCUT2D eigenvalue weighted by Gasteiger charge is 2.38. The zero-order valence-electron chi connectivity index (χ0n) is 18.8. The minimum atomic E-state index is -0.529. The van der Waals surface area contributed by atoms with Crippen LogP contribution in [0.25, 0.3) is 0 Å². The van der Waals surface area contributed by atoms with Gasteiger partial charge in [0.2, 0.25) is 11.8 Å². The van der Waals surface area contributed by atoms with E-state index in [2.05, 4.69) is 14.8 Å². The van der Waals surface area contributed by atoms with Gasteiger partial charge in [0.1, 0.15) is 17.7 Å². The molecular weight excluding hydrogens is 402 g/mol. The predicted octanol–water partition coefficient (Wildman–Crippen LogP) is 3.46. The lowest BCUT2D eigenvalue weighted by Crippen LogP contribution is -2.49. The van der Waals surface area contributed by atoms with Crippen LogP contribution in [0.3, 0.4) is 0 Å². The molecule has 4 heterocycles. The van der Waals surface area contributed by atoms with Gasteiger partial charge in [0.05, 0.1) is 0 Å². The fourth-order valence-corrected chi connectivity index (χ4v) is 5.56. The predicted molar refractivity (Wildman–Crippen MR) is 121 cm³/mol. The Morgan fingerprint density at radius 2 is 1.72 bits per heavy atom. The van der Waals surface area contributed by atoms with E-state index in [4.69, 9.17) is 0 Å². The number of rotatable bonds is 4. The standard InChI is InChI=1S/C25H33N5O2/c31-22-14-6-8-17-30(22)23(19-10-3-1-4-11-19)25(32)28-15-9-12-20(18-28)24-27-26-21-13-5-2-7-16-29(21)24/h1,3-4,10-11,20,23H,2,5-9,12-18H2. The molecule has 0 N–H and O–H groups in total. The molecule has 2 saturated heterocycles. The van der Waals surface area contributed by atoms with E-state index in [1.807, 2.05) is 40.1 Å². The molecule has 3 aliphatic rings. The summed E-state index contributed by atoms with van der Waals surface area (Å²) < 4.78 is 2.31. The highest BCUT2D eigenvalue weighted by molar-refractivity contribution is 5.89. The maximum atomic E-state index is 13.9. The lowest BCUT2D eigenvalue weighted by molar-refractivity contribution is -0.148. The molecule has 170 valence electrons. The number of amides is 2. The van der Waals surface area contributed by atoms with Gasteiger partial charge in [0, 0.05) is 44.9 Å². The van der Waals surface area contributed by atoms with E-state index in [0.29, 0.717) is 19.5 Å². The lowest BCUT2D eigenvalue weighted by Gasteiger charge is -2.39. The van der Waals surface area contributed by atoms with E-state index >= 15 is 0 Å². The molecule has 3 aliphatic heterocycles. The van der Waals surface area contributed by atoms with Crippen LogP contribution < -0.4 is 0 Å². The van der Waals surface area contributed by atoms with Gasteiger partial charge in [-0.15, -0.1) is 10.2 Å². The SMILES string of the molecule is O=C(C(c1ccccc1)N1CCCCC1=O)N1CCCC(c2nnc3n2CCCCC3)C1. The molecule has 5 rings (SSSR count). The summed E-state index contributed by atoms with van der Waals surface area (Å²) in [4.78, 5) is 30.5. The number of carbonyl (C=O) groups excluding carboxylic acids is 2. The van der Waals surface area contributed by atoms with E-state index in [1.165, 1.54) is 19.3 Å². The van der Waals surface area contributed by atoms with Gasteiger partial charge in [-0.05, 0) is 44.1 Å². The Labute approximate surface area is 189 Å².